The second-order valence-corrected chi connectivity index (χ2v) is 4.53. The average molecular weight is 242 g/mol. The highest BCUT2D eigenvalue weighted by Gasteiger charge is 2.16. The highest BCUT2D eigenvalue weighted by Crippen LogP contribution is 2.26. The Hall–Kier alpha value is -0.610. The van der Waals surface area contributed by atoms with Crippen molar-refractivity contribution in [3.8, 4) is 0 Å². The minimum atomic E-state index is 0.116. The SMILES string of the molecule is CCC1=CCCCC1CNC(=S)NCCO. The third kappa shape index (κ3) is 4.49. The third-order valence-corrected chi connectivity index (χ3v) is 3.29. The first-order valence-electron chi connectivity index (χ1n) is 6.09. The normalized spacial score (nSPS) is 20.1. The number of aliphatic hydroxyl groups excluding tert-OH is 1. The molecule has 0 bridgehead atoms. The van der Waals surface area contributed by atoms with Crippen LogP contribution in [0.5, 0.6) is 0 Å². The van der Waals surface area contributed by atoms with Crippen LogP contribution >= 0.6 is 12.2 Å². The van der Waals surface area contributed by atoms with Gasteiger partial charge in [-0.15, -0.1) is 0 Å². The summed E-state index contributed by atoms with van der Waals surface area (Å²) in [5, 5.41) is 15.5. The fourth-order valence-electron chi connectivity index (χ4n) is 2.12. The summed E-state index contributed by atoms with van der Waals surface area (Å²) in [4.78, 5) is 0. The summed E-state index contributed by atoms with van der Waals surface area (Å²) < 4.78 is 0. The van der Waals surface area contributed by atoms with E-state index in [1.807, 2.05) is 0 Å². The van der Waals surface area contributed by atoms with Gasteiger partial charge in [-0.2, -0.15) is 0 Å². The molecule has 3 nitrogen and oxygen atoms in total. The van der Waals surface area contributed by atoms with E-state index in [1.54, 1.807) is 5.57 Å². The number of nitrogens with one attached hydrogen (secondary N) is 2. The van der Waals surface area contributed by atoms with Crippen LogP contribution in [0.25, 0.3) is 0 Å². The summed E-state index contributed by atoms with van der Waals surface area (Å²) in [5.41, 5.74) is 1.56. The highest BCUT2D eigenvalue weighted by molar-refractivity contribution is 7.80. The summed E-state index contributed by atoms with van der Waals surface area (Å²) >= 11 is 5.11. The number of hydrogen-bond acceptors (Lipinski definition) is 2. The van der Waals surface area contributed by atoms with E-state index in [2.05, 4.69) is 23.6 Å². The zero-order chi connectivity index (χ0) is 11.8. The van der Waals surface area contributed by atoms with Crippen LogP contribution in [0.3, 0.4) is 0 Å². The van der Waals surface area contributed by atoms with Gasteiger partial charge in [0, 0.05) is 13.1 Å². The summed E-state index contributed by atoms with van der Waals surface area (Å²) in [6, 6.07) is 0. The predicted octanol–water partition coefficient (Wildman–Crippen LogP) is 1.58. The van der Waals surface area contributed by atoms with E-state index in [4.69, 9.17) is 17.3 Å². The lowest BCUT2D eigenvalue weighted by atomic mass is 9.86. The topological polar surface area (TPSA) is 44.3 Å². The van der Waals surface area contributed by atoms with Gasteiger partial charge in [-0.3, -0.25) is 0 Å². The fourth-order valence-corrected chi connectivity index (χ4v) is 2.30. The molecule has 1 unspecified atom stereocenters. The molecule has 4 heteroatoms. The number of hydrogen-bond donors (Lipinski definition) is 3. The molecule has 0 fully saturated rings. The molecule has 0 aromatic heterocycles. The Bertz CT molecular complexity index is 253. The standard InChI is InChI=1S/C12H22N2OS/c1-2-10-5-3-4-6-11(10)9-14-12(16)13-7-8-15/h5,11,15H,2-4,6-9H2,1H3,(H2,13,14,16). The van der Waals surface area contributed by atoms with Crippen molar-refractivity contribution >= 4 is 17.3 Å². The molecule has 0 aliphatic heterocycles. The number of thiocarbonyl (C=S) groups is 1. The molecule has 3 N–H and O–H groups in total. The van der Waals surface area contributed by atoms with Gasteiger partial charge in [0.1, 0.15) is 0 Å². The van der Waals surface area contributed by atoms with Crippen molar-refractivity contribution in [1.82, 2.24) is 10.6 Å². The Balaban J connectivity index is 2.28. The number of aliphatic hydroxyl groups is 1. The van der Waals surface area contributed by atoms with Gasteiger partial charge in [0.25, 0.3) is 0 Å². The smallest absolute Gasteiger partial charge is 0.166 e. The van der Waals surface area contributed by atoms with Crippen molar-refractivity contribution < 1.29 is 5.11 Å². The van der Waals surface area contributed by atoms with Gasteiger partial charge in [-0.05, 0) is 43.8 Å². The molecule has 0 saturated carbocycles. The van der Waals surface area contributed by atoms with E-state index in [1.165, 1.54) is 19.3 Å². The Labute approximate surface area is 103 Å². The molecule has 0 aromatic carbocycles. The monoisotopic (exact) mass is 242 g/mol. The van der Waals surface area contributed by atoms with Gasteiger partial charge >= 0.3 is 0 Å². The maximum absolute atomic E-state index is 8.65. The molecule has 1 rings (SSSR count). The van der Waals surface area contributed by atoms with Crippen LogP contribution in [0.2, 0.25) is 0 Å². The molecule has 92 valence electrons. The lowest BCUT2D eigenvalue weighted by Crippen LogP contribution is -2.39. The first kappa shape index (κ1) is 13.5. The lowest BCUT2D eigenvalue weighted by Gasteiger charge is -2.24. The fraction of sp³-hybridized carbons (Fsp3) is 0.750. The summed E-state index contributed by atoms with van der Waals surface area (Å²) in [6.45, 7) is 3.77. The Morgan fingerprint density at radius 3 is 3.06 bits per heavy atom. The van der Waals surface area contributed by atoms with Gasteiger partial charge in [-0.1, -0.05) is 18.6 Å². The maximum Gasteiger partial charge on any atom is 0.166 e. The van der Waals surface area contributed by atoms with Crippen molar-refractivity contribution in [2.24, 2.45) is 5.92 Å². The summed E-state index contributed by atoms with van der Waals surface area (Å²) in [6.07, 6.45) is 7.29. The van der Waals surface area contributed by atoms with Crippen molar-refractivity contribution in [3.63, 3.8) is 0 Å². The third-order valence-electron chi connectivity index (χ3n) is 3.00. The highest BCUT2D eigenvalue weighted by atomic mass is 32.1. The average Bonchev–Trinajstić information content (AvgIpc) is 2.34. The van der Waals surface area contributed by atoms with Crippen LogP contribution in [-0.4, -0.2) is 29.9 Å². The molecule has 1 aliphatic carbocycles. The van der Waals surface area contributed by atoms with Crippen LogP contribution in [0.1, 0.15) is 32.6 Å². The van der Waals surface area contributed by atoms with E-state index >= 15 is 0 Å². The van der Waals surface area contributed by atoms with Gasteiger partial charge < -0.3 is 15.7 Å². The Kier molecular flexibility index (Phi) is 6.42. The second kappa shape index (κ2) is 7.63. The number of rotatable bonds is 5. The van der Waals surface area contributed by atoms with Crippen molar-refractivity contribution in [3.05, 3.63) is 11.6 Å². The van der Waals surface area contributed by atoms with Crippen LogP contribution in [0.4, 0.5) is 0 Å². The van der Waals surface area contributed by atoms with E-state index in [9.17, 15) is 0 Å². The van der Waals surface area contributed by atoms with E-state index in [0.717, 1.165) is 13.0 Å². The molecule has 0 radical (unpaired) electrons. The summed E-state index contributed by atoms with van der Waals surface area (Å²) in [7, 11) is 0. The van der Waals surface area contributed by atoms with Crippen LogP contribution in [-0.2, 0) is 0 Å². The van der Waals surface area contributed by atoms with Crippen molar-refractivity contribution in [1.29, 1.82) is 0 Å². The molecule has 0 amide bonds. The van der Waals surface area contributed by atoms with Crippen LogP contribution in [0, 0.1) is 5.92 Å². The largest absolute Gasteiger partial charge is 0.395 e. The van der Waals surface area contributed by atoms with Crippen LogP contribution < -0.4 is 10.6 Å². The Morgan fingerprint density at radius 1 is 1.56 bits per heavy atom. The lowest BCUT2D eigenvalue weighted by molar-refractivity contribution is 0.300. The zero-order valence-corrected chi connectivity index (χ0v) is 10.8. The molecule has 1 atom stereocenters. The van der Waals surface area contributed by atoms with Gasteiger partial charge in [-0.25, -0.2) is 0 Å². The molecular formula is C12H22N2OS. The van der Waals surface area contributed by atoms with Gasteiger partial charge in [0.15, 0.2) is 5.11 Å². The van der Waals surface area contributed by atoms with E-state index in [-0.39, 0.29) is 6.61 Å². The van der Waals surface area contributed by atoms with Gasteiger partial charge in [0.05, 0.1) is 6.61 Å². The van der Waals surface area contributed by atoms with E-state index in [0.29, 0.717) is 17.6 Å². The zero-order valence-electron chi connectivity index (χ0n) is 9.96. The predicted molar refractivity (Wildman–Crippen MR) is 71.4 cm³/mol. The molecule has 0 saturated heterocycles. The quantitative estimate of drug-likeness (QED) is 0.506. The first-order valence-corrected chi connectivity index (χ1v) is 6.50. The summed E-state index contributed by atoms with van der Waals surface area (Å²) in [5.74, 6) is 0.632. The maximum atomic E-state index is 8.65. The van der Waals surface area contributed by atoms with Gasteiger partial charge in [0.2, 0.25) is 0 Å². The van der Waals surface area contributed by atoms with Crippen molar-refractivity contribution in [2.45, 2.75) is 32.6 Å². The molecule has 0 spiro atoms. The minimum absolute atomic E-state index is 0.116. The molecule has 0 aromatic rings. The molecular weight excluding hydrogens is 220 g/mol. The Morgan fingerprint density at radius 2 is 2.38 bits per heavy atom. The molecule has 1 aliphatic rings. The van der Waals surface area contributed by atoms with E-state index < -0.39 is 0 Å². The first-order chi connectivity index (χ1) is 7.77. The molecule has 16 heavy (non-hydrogen) atoms. The van der Waals surface area contributed by atoms with Crippen molar-refractivity contribution in [2.75, 3.05) is 19.7 Å². The molecule has 0 heterocycles. The second-order valence-electron chi connectivity index (χ2n) is 4.12. The number of allylic oxidation sites excluding steroid dienone is 1. The van der Waals surface area contributed by atoms with Crippen LogP contribution in [0.15, 0.2) is 11.6 Å². The minimum Gasteiger partial charge on any atom is -0.395 e.